The van der Waals surface area contributed by atoms with E-state index in [-0.39, 0.29) is 36.1 Å². The molecule has 27 heavy (non-hydrogen) atoms. The number of hydrogen-bond acceptors (Lipinski definition) is 4. The third-order valence-electron chi connectivity index (χ3n) is 5.35. The lowest BCUT2D eigenvalue weighted by Crippen LogP contribution is -2.45. The third kappa shape index (κ3) is 6.96. The zero-order chi connectivity index (χ0) is 18.7. The Balaban J connectivity index is 0.00000261. The van der Waals surface area contributed by atoms with Gasteiger partial charge in [0.1, 0.15) is 5.60 Å². The summed E-state index contributed by atoms with van der Waals surface area (Å²) in [4.78, 5) is 21.3. The van der Waals surface area contributed by atoms with Gasteiger partial charge in [-0.05, 0) is 58.9 Å². The molecule has 7 nitrogen and oxygen atoms in total. The van der Waals surface area contributed by atoms with Crippen LogP contribution in [-0.2, 0) is 4.74 Å². The summed E-state index contributed by atoms with van der Waals surface area (Å²) in [6.07, 6.45) is 4.64. The van der Waals surface area contributed by atoms with Gasteiger partial charge in [0, 0.05) is 39.3 Å². The largest absolute Gasteiger partial charge is 0.444 e. The summed E-state index contributed by atoms with van der Waals surface area (Å²) in [5.41, 5.74) is -0.463. The molecule has 2 heterocycles. The van der Waals surface area contributed by atoms with Gasteiger partial charge in [0.25, 0.3) is 0 Å². The van der Waals surface area contributed by atoms with Crippen LogP contribution in [0.2, 0.25) is 0 Å². The van der Waals surface area contributed by atoms with Gasteiger partial charge in [-0.1, -0.05) is 0 Å². The fourth-order valence-corrected chi connectivity index (χ4v) is 3.91. The van der Waals surface area contributed by atoms with E-state index in [4.69, 9.17) is 4.74 Å². The predicted molar refractivity (Wildman–Crippen MR) is 119 cm³/mol. The molecular weight excluding hydrogens is 457 g/mol. The summed E-state index contributed by atoms with van der Waals surface area (Å²) < 4.78 is 5.35. The maximum absolute atomic E-state index is 11.9. The SMILES string of the molecule is CN=C(NCC1CCN(C2CC2)C1)N1CCC(NC(=O)OC(C)(C)C)C1.I. The van der Waals surface area contributed by atoms with Gasteiger partial charge in [0.05, 0.1) is 6.04 Å². The average molecular weight is 493 g/mol. The molecule has 2 atom stereocenters. The normalized spacial score (nSPS) is 26.7. The van der Waals surface area contributed by atoms with Crippen molar-refractivity contribution in [3.8, 4) is 0 Å². The Bertz CT molecular complexity index is 533. The zero-order valence-electron chi connectivity index (χ0n) is 17.2. The van der Waals surface area contributed by atoms with E-state index in [0.717, 1.165) is 38.1 Å². The van der Waals surface area contributed by atoms with E-state index in [1.807, 2.05) is 27.8 Å². The maximum Gasteiger partial charge on any atom is 0.407 e. The lowest BCUT2D eigenvalue weighted by molar-refractivity contribution is 0.0507. The van der Waals surface area contributed by atoms with Crippen molar-refractivity contribution in [3.05, 3.63) is 0 Å². The van der Waals surface area contributed by atoms with Gasteiger partial charge in [-0.25, -0.2) is 4.79 Å². The number of rotatable bonds is 4. The van der Waals surface area contributed by atoms with Crippen LogP contribution < -0.4 is 10.6 Å². The fraction of sp³-hybridized carbons (Fsp3) is 0.895. The minimum absolute atomic E-state index is 0. The predicted octanol–water partition coefficient (Wildman–Crippen LogP) is 2.26. The Morgan fingerprint density at radius 1 is 1.15 bits per heavy atom. The number of ether oxygens (including phenoxy) is 1. The molecule has 8 heteroatoms. The van der Waals surface area contributed by atoms with Crippen LogP contribution in [-0.4, -0.2) is 79.3 Å². The molecule has 156 valence electrons. The zero-order valence-corrected chi connectivity index (χ0v) is 19.5. The van der Waals surface area contributed by atoms with E-state index in [2.05, 4.69) is 25.4 Å². The molecular formula is C19H36IN5O2. The third-order valence-corrected chi connectivity index (χ3v) is 5.35. The Hall–Kier alpha value is -0.770. The lowest BCUT2D eigenvalue weighted by atomic mass is 10.1. The smallest absolute Gasteiger partial charge is 0.407 e. The molecule has 0 aromatic carbocycles. The molecule has 0 aromatic heterocycles. The summed E-state index contributed by atoms with van der Waals surface area (Å²) in [6.45, 7) is 10.8. The maximum atomic E-state index is 11.9. The molecule has 0 bridgehead atoms. The first kappa shape index (κ1) is 22.5. The highest BCUT2D eigenvalue weighted by molar-refractivity contribution is 14.0. The molecule has 2 aliphatic heterocycles. The van der Waals surface area contributed by atoms with Crippen molar-refractivity contribution in [1.29, 1.82) is 0 Å². The molecule has 1 saturated carbocycles. The summed E-state index contributed by atoms with van der Waals surface area (Å²) in [5, 5.41) is 6.53. The van der Waals surface area contributed by atoms with E-state index >= 15 is 0 Å². The number of halogens is 1. The number of likely N-dealkylation sites (tertiary alicyclic amines) is 2. The minimum Gasteiger partial charge on any atom is -0.444 e. The lowest BCUT2D eigenvalue weighted by Gasteiger charge is -2.24. The van der Waals surface area contributed by atoms with Crippen LogP contribution >= 0.6 is 24.0 Å². The molecule has 3 fully saturated rings. The molecule has 3 aliphatic rings. The van der Waals surface area contributed by atoms with Gasteiger partial charge in [-0.3, -0.25) is 4.99 Å². The number of hydrogen-bond donors (Lipinski definition) is 2. The van der Waals surface area contributed by atoms with Crippen molar-refractivity contribution in [2.45, 2.75) is 64.1 Å². The number of guanidine groups is 1. The number of nitrogens with one attached hydrogen (secondary N) is 2. The standard InChI is InChI=1S/C19H35N5O2.HI/c1-19(2,3)26-18(25)22-15-8-10-24(13-15)17(20-4)21-11-14-7-9-23(12-14)16-5-6-16;/h14-16H,5-13H2,1-4H3,(H,20,21)(H,22,25);1H. The van der Waals surface area contributed by atoms with Crippen LogP contribution in [0.5, 0.6) is 0 Å². The van der Waals surface area contributed by atoms with Crippen molar-refractivity contribution in [2.75, 3.05) is 39.8 Å². The molecule has 1 amide bonds. The average Bonchev–Trinajstić information content (AvgIpc) is 3.12. The monoisotopic (exact) mass is 493 g/mol. The van der Waals surface area contributed by atoms with E-state index in [1.54, 1.807) is 0 Å². The van der Waals surface area contributed by atoms with Gasteiger partial charge in [-0.15, -0.1) is 24.0 Å². The van der Waals surface area contributed by atoms with Crippen LogP contribution in [0.1, 0.15) is 46.5 Å². The number of nitrogens with zero attached hydrogens (tertiary/aromatic N) is 3. The summed E-state index contributed by atoms with van der Waals surface area (Å²) >= 11 is 0. The van der Waals surface area contributed by atoms with E-state index in [9.17, 15) is 4.79 Å². The number of aliphatic imine (C=N–C) groups is 1. The Kier molecular flexibility index (Phi) is 8.03. The van der Waals surface area contributed by atoms with Crippen molar-refractivity contribution < 1.29 is 9.53 Å². The first-order valence-corrected chi connectivity index (χ1v) is 10.0. The van der Waals surface area contributed by atoms with Crippen molar-refractivity contribution in [3.63, 3.8) is 0 Å². The molecule has 0 spiro atoms. The van der Waals surface area contributed by atoms with E-state index in [0.29, 0.717) is 5.92 Å². The molecule has 1 aliphatic carbocycles. The van der Waals surface area contributed by atoms with E-state index in [1.165, 1.54) is 32.4 Å². The highest BCUT2D eigenvalue weighted by atomic mass is 127. The van der Waals surface area contributed by atoms with Crippen molar-refractivity contribution in [1.82, 2.24) is 20.4 Å². The fourth-order valence-electron chi connectivity index (χ4n) is 3.91. The second-order valence-corrected chi connectivity index (χ2v) is 8.89. The molecule has 0 aromatic rings. The molecule has 2 unspecified atom stereocenters. The van der Waals surface area contributed by atoms with Crippen LogP contribution in [0, 0.1) is 5.92 Å². The highest BCUT2D eigenvalue weighted by Crippen LogP contribution is 2.31. The van der Waals surface area contributed by atoms with Crippen LogP contribution in [0.15, 0.2) is 4.99 Å². The summed E-state index contributed by atoms with van der Waals surface area (Å²) in [7, 11) is 1.84. The minimum atomic E-state index is -0.463. The Morgan fingerprint density at radius 3 is 2.52 bits per heavy atom. The number of carbonyl (C=O) groups is 1. The quantitative estimate of drug-likeness (QED) is 0.357. The van der Waals surface area contributed by atoms with Gasteiger partial charge in [-0.2, -0.15) is 0 Å². The Morgan fingerprint density at radius 2 is 1.89 bits per heavy atom. The van der Waals surface area contributed by atoms with Crippen LogP contribution in [0.4, 0.5) is 4.79 Å². The molecule has 2 N–H and O–H groups in total. The Labute approximate surface area is 180 Å². The number of alkyl carbamates (subject to hydrolysis) is 1. The second-order valence-electron chi connectivity index (χ2n) is 8.89. The highest BCUT2D eigenvalue weighted by Gasteiger charge is 2.34. The first-order valence-electron chi connectivity index (χ1n) is 10.0. The summed E-state index contributed by atoms with van der Waals surface area (Å²) in [5.74, 6) is 1.66. The number of amides is 1. The van der Waals surface area contributed by atoms with Gasteiger partial charge >= 0.3 is 6.09 Å². The molecule has 0 radical (unpaired) electrons. The van der Waals surface area contributed by atoms with Crippen LogP contribution in [0.25, 0.3) is 0 Å². The second kappa shape index (κ2) is 9.62. The molecule has 3 rings (SSSR count). The van der Waals surface area contributed by atoms with Gasteiger partial charge in [0.2, 0.25) is 0 Å². The summed E-state index contributed by atoms with van der Waals surface area (Å²) in [6, 6.07) is 0.984. The van der Waals surface area contributed by atoms with Crippen LogP contribution in [0.3, 0.4) is 0 Å². The van der Waals surface area contributed by atoms with Crippen molar-refractivity contribution >= 4 is 36.0 Å². The van der Waals surface area contributed by atoms with Gasteiger partial charge in [0.15, 0.2) is 5.96 Å². The van der Waals surface area contributed by atoms with Crippen molar-refractivity contribution in [2.24, 2.45) is 10.9 Å². The first-order chi connectivity index (χ1) is 12.3. The molecule has 2 saturated heterocycles. The number of carbonyl (C=O) groups excluding carboxylic acids is 1. The topological polar surface area (TPSA) is 69.2 Å². The van der Waals surface area contributed by atoms with Gasteiger partial charge < -0.3 is 25.2 Å². The van der Waals surface area contributed by atoms with E-state index < -0.39 is 5.60 Å².